The third-order valence-corrected chi connectivity index (χ3v) is 4.02. The molecule has 0 radical (unpaired) electrons. The second-order valence-corrected chi connectivity index (χ2v) is 5.84. The van der Waals surface area contributed by atoms with E-state index >= 15 is 0 Å². The summed E-state index contributed by atoms with van der Waals surface area (Å²) in [6.45, 7) is -0.173. The van der Waals surface area contributed by atoms with Gasteiger partial charge in [-0.3, -0.25) is 9.69 Å². The fourth-order valence-corrected chi connectivity index (χ4v) is 2.75. The monoisotopic (exact) mass is 376 g/mol. The molecule has 0 aliphatic heterocycles. The molecule has 6 heteroatoms. The molecule has 0 heterocycles. The number of carbonyl (C=O) groups excluding carboxylic acids is 1. The lowest BCUT2D eigenvalue weighted by Gasteiger charge is -2.23. The molecule has 3 aromatic rings. The average molecular weight is 376 g/mol. The standard InChI is InChI=1S/C22H20N2O4/c1-27-21-14-17(15-23-26)12-13-20(21)28-16-22(25)24(18-8-4-2-5-9-18)19-10-6-3-7-11-19/h2-15,26H,16H2,1H3/b23-15+. The van der Waals surface area contributed by atoms with Crippen molar-refractivity contribution in [1.82, 2.24) is 0 Å². The van der Waals surface area contributed by atoms with Gasteiger partial charge in [0.2, 0.25) is 0 Å². The van der Waals surface area contributed by atoms with Gasteiger partial charge < -0.3 is 14.7 Å². The molecule has 0 saturated carbocycles. The second kappa shape index (κ2) is 9.23. The average Bonchev–Trinajstić information content (AvgIpc) is 2.74. The molecule has 0 saturated heterocycles. The van der Waals surface area contributed by atoms with Gasteiger partial charge in [-0.15, -0.1) is 0 Å². The molecule has 0 aliphatic rings. The Hall–Kier alpha value is -3.80. The Bertz CT molecular complexity index is 904. The van der Waals surface area contributed by atoms with Crippen LogP contribution in [-0.2, 0) is 4.79 Å². The second-order valence-electron chi connectivity index (χ2n) is 5.84. The lowest BCUT2D eigenvalue weighted by Crippen LogP contribution is -2.30. The number of carbonyl (C=O) groups is 1. The first-order valence-corrected chi connectivity index (χ1v) is 8.64. The van der Waals surface area contributed by atoms with Crippen molar-refractivity contribution >= 4 is 23.5 Å². The van der Waals surface area contributed by atoms with E-state index in [1.807, 2.05) is 60.7 Å². The Balaban J connectivity index is 1.82. The third kappa shape index (κ3) is 4.48. The number of oxime groups is 1. The Morgan fingerprint density at radius 3 is 2.11 bits per heavy atom. The summed E-state index contributed by atoms with van der Waals surface area (Å²) in [6, 6.07) is 23.8. The Labute approximate surface area is 163 Å². The molecule has 0 spiro atoms. The van der Waals surface area contributed by atoms with Crippen molar-refractivity contribution in [3.05, 3.63) is 84.4 Å². The number of benzene rings is 3. The number of ether oxygens (including phenoxy) is 2. The Morgan fingerprint density at radius 1 is 0.964 bits per heavy atom. The topological polar surface area (TPSA) is 71.4 Å². The minimum Gasteiger partial charge on any atom is -0.493 e. The zero-order valence-electron chi connectivity index (χ0n) is 15.4. The number of methoxy groups -OCH3 is 1. The van der Waals surface area contributed by atoms with Gasteiger partial charge >= 0.3 is 0 Å². The van der Waals surface area contributed by atoms with Crippen LogP contribution in [0.15, 0.2) is 84.0 Å². The van der Waals surface area contributed by atoms with E-state index in [1.54, 1.807) is 23.1 Å². The van der Waals surface area contributed by atoms with Crippen molar-refractivity contribution in [3.8, 4) is 11.5 Å². The summed E-state index contributed by atoms with van der Waals surface area (Å²) in [7, 11) is 1.50. The highest BCUT2D eigenvalue weighted by molar-refractivity contribution is 6.01. The summed E-state index contributed by atoms with van der Waals surface area (Å²) >= 11 is 0. The molecule has 0 fully saturated rings. The molecular formula is C22H20N2O4. The van der Waals surface area contributed by atoms with Gasteiger partial charge in [0.15, 0.2) is 18.1 Å². The molecule has 1 N–H and O–H groups in total. The number of hydrogen-bond acceptors (Lipinski definition) is 5. The van der Waals surface area contributed by atoms with Crippen molar-refractivity contribution in [2.24, 2.45) is 5.16 Å². The molecule has 6 nitrogen and oxygen atoms in total. The third-order valence-electron chi connectivity index (χ3n) is 4.02. The van der Waals surface area contributed by atoms with Gasteiger partial charge in [0.1, 0.15) is 0 Å². The molecule has 142 valence electrons. The number of para-hydroxylation sites is 2. The van der Waals surface area contributed by atoms with Gasteiger partial charge in [-0.25, -0.2) is 0 Å². The normalized spacial score (nSPS) is 10.6. The first-order valence-electron chi connectivity index (χ1n) is 8.64. The Morgan fingerprint density at radius 2 is 1.57 bits per heavy atom. The quantitative estimate of drug-likeness (QED) is 0.380. The van der Waals surface area contributed by atoms with Crippen LogP contribution in [-0.4, -0.2) is 31.0 Å². The highest BCUT2D eigenvalue weighted by Crippen LogP contribution is 2.29. The lowest BCUT2D eigenvalue weighted by molar-refractivity contribution is -0.119. The van der Waals surface area contributed by atoms with Gasteiger partial charge in [-0.05, 0) is 42.5 Å². The van der Waals surface area contributed by atoms with Crippen LogP contribution in [0.25, 0.3) is 0 Å². The van der Waals surface area contributed by atoms with Crippen LogP contribution in [0, 0.1) is 0 Å². The van der Waals surface area contributed by atoms with Gasteiger partial charge in [0.25, 0.3) is 5.91 Å². The number of hydrogen-bond donors (Lipinski definition) is 1. The lowest BCUT2D eigenvalue weighted by atomic mass is 10.2. The van der Waals surface area contributed by atoms with Gasteiger partial charge in [-0.1, -0.05) is 41.6 Å². The van der Waals surface area contributed by atoms with Crippen LogP contribution in [0.3, 0.4) is 0 Å². The maximum Gasteiger partial charge on any atom is 0.269 e. The summed E-state index contributed by atoms with van der Waals surface area (Å²) < 4.78 is 11.0. The Kier molecular flexibility index (Phi) is 6.25. The van der Waals surface area contributed by atoms with Crippen molar-refractivity contribution in [2.75, 3.05) is 18.6 Å². The van der Waals surface area contributed by atoms with Gasteiger partial charge in [-0.2, -0.15) is 0 Å². The van der Waals surface area contributed by atoms with E-state index in [1.165, 1.54) is 13.3 Å². The predicted molar refractivity (Wildman–Crippen MR) is 108 cm³/mol. The maximum absolute atomic E-state index is 13.0. The summed E-state index contributed by atoms with van der Waals surface area (Å²) in [6.07, 6.45) is 1.28. The van der Waals surface area contributed by atoms with Gasteiger partial charge in [0.05, 0.1) is 13.3 Å². The van der Waals surface area contributed by atoms with Crippen LogP contribution >= 0.6 is 0 Å². The van der Waals surface area contributed by atoms with Crippen LogP contribution in [0.4, 0.5) is 11.4 Å². The van der Waals surface area contributed by atoms with E-state index in [4.69, 9.17) is 14.7 Å². The van der Waals surface area contributed by atoms with Crippen LogP contribution in [0.1, 0.15) is 5.56 Å². The molecular weight excluding hydrogens is 356 g/mol. The molecule has 0 atom stereocenters. The maximum atomic E-state index is 13.0. The summed E-state index contributed by atoms with van der Waals surface area (Å²) in [5, 5.41) is 11.6. The summed E-state index contributed by atoms with van der Waals surface area (Å²) in [5.41, 5.74) is 2.15. The fourth-order valence-electron chi connectivity index (χ4n) is 2.75. The number of nitrogens with zero attached hydrogens (tertiary/aromatic N) is 2. The number of amides is 1. The molecule has 0 bridgehead atoms. The molecule has 3 rings (SSSR count). The van der Waals surface area contributed by atoms with Crippen LogP contribution < -0.4 is 14.4 Å². The van der Waals surface area contributed by atoms with E-state index < -0.39 is 0 Å². The zero-order chi connectivity index (χ0) is 19.8. The molecule has 0 aliphatic carbocycles. The van der Waals surface area contributed by atoms with Crippen LogP contribution in [0.5, 0.6) is 11.5 Å². The predicted octanol–water partition coefficient (Wildman–Crippen LogP) is 4.25. The van der Waals surface area contributed by atoms with Crippen molar-refractivity contribution in [2.45, 2.75) is 0 Å². The molecule has 0 unspecified atom stereocenters. The summed E-state index contributed by atoms with van der Waals surface area (Å²) in [4.78, 5) is 14.6. The van der Waals surface area contributed by atoms with Crippen LogP contribution in [0.2, 0.25) is 0 Å². The minimum absolute atomic E-state index is 0.173. The molecule has 1 amide bonds. The summed E-state index contributed by atoms with van der Waals surface area (Å²) in [5.74, 6) is 0.642. The van der Waals surface area contributed by atoms with Gasteiger partial charge in [0, 0.05) is 16.9 Å². The van der Waals surface area contributed by atoms with Crippen molar-refractivity contribution in [3.63, 3.8) is 0 Å². The van der Waals surface area contributed by atoms with E-state index in [-0.39, 0.29) is 12.5 Å². The first kappa shape index (κ1) is 19.0. The number of anilines is 2. The van der Waals surface area contributed by atoms with Crippen molar-refractivity contribution in [1.29, 1.82) is 0 Å². The SMILES string of the molecule is COc1cc(/C=N/O)ccc1OCC(=O)N(c1ccccc1)c1ccccc1. The zero-order valence-corrected chi connectivity index (χ0v) is 15.4. The fraction of sp³-hybridized carbons (Fsp3) is 0.0909. The highest BCUT2D eigenvalue weighted by Gasteiger charge is 2.19. The first-order chi connectivity index (χ1) is 13.7. The minimum atomic E-state index is -0.222. The van der Waals surface area contributed by atoms with E-state index in [0.29, 0.717) is 17.1 Å². The molecule has 28 heavy (non-hydrogen) atoms. The molecule has 0 aromatic heterocycles. The molecule has 3 aromatic carbocycles. The van der Waals surface area contributed by atoms with E-state index in [2.05, 4.69) is 5.16 Å². The van der Waals surface area contributed by atoms with E-state index in [9.17, 15) is 4.79 Å². The largest absolute Gasteiger partial charge is 0.493 e. The van der Waals surface area contributed by atoms with Crippen molar-refractivity contribution < 1.29 is 19.5 Å². The highest BCUT2D eigenvalue weighted by atomic mass is 16.5. The number of rotatable bonds is 7. The van der Waals surface area contributed by atoms with E-state index in [0.717, 1.165) is 11.4 Å². The smallest absolute Gasteiger partial charge is 0.269 e.